The van der Waals surface area contributed by atoms with E-state index in [0.29, 0.717) is 17.7 Å². The molecule has 3 aromatic rings. The van der Waals surface area contributed by atoms with Crippen LogP contribution in [0.25, 0.3) is 10.9 Å². The van der Waals surface area contributed by atoms with Crippen LogP contribution in [0.2, 0.25) is 0 Å². The Morgan fingerprint density at radius 3 is 2.55 bits per heavy atom. The minimum absolute atomic E-state index is 0.0577. The molecule has 0 aliphatic heterocycles. The predicted octanol–water partition coefficient (Wildman–Crippen LogP) is 2.78. The molecule has 3 rings (SSSR count). The summed E-state index contributed by atoms with van der Waals surface area (Å²) in [6.45, 7) is 0.313. The van der Waals surface area contributed by atoms with Crippen LogP contribution in [-0.2, 0) is 6.54 Å². The molecule has 0 spiro atoms. The normalized spacial score (nSPS) is 10.7. The fourth-order valence-electron chi connectivity index (χ4n) is 2.08. The van der Waals surface area contributed by atoms with E-state index in [-0.39, 0.29) is 5.43 Å². The van der Waals surface area contributed by atoms with E-state index in [1.807, 2.05) is 42.5 Å². The Labute approximate surface area is 115 Å². The van der Waals surface area contributed by atoms with E-state index in [2.05, 4.69) is 4.98 Å². The summed E-state index contributed by atoms with van der Waals surface area (Å²) in [5.74, 6) is 1.37. The molecule has 0 radical (unpaired) electrons. The molecule has 20 heavy (non-hydrogen) atoms. The van der Waals surface area contributed by atoms with Gasteiger partial charge in [-0.3, -0.25) is 4.79 Å². The van der Waals surface area contributed by atoms with Crippen molar-refractivity contribution in [2.75, 3.05) is 0 Å². The number of hydrogen-bond acceptors (Lipinski definition) is 3. The zero-order valence-electron chi connectivity index (χ0n) is 10.8. The monoisotopic (exact) mass is 266 g/mol. The van der Waals surface area contributed by atoms with Gasteiger partial charge in [-0.1, -0.05) is 18.2 Å². The Kier molecular flexibility index (Phi) is 3.23. The quantitative estimate of drug-likeness (QED) is 0.766. The van der Waals surface area contributed by atoms with Gasteiger partial charge in [0.15, 0.2) is 5.43 Å². The second-order valence-corrected chi connectivity index (χ2v) is 4.49. The molecule has 0 saturated heterocycles. The molecule has 4 nitrogen and oxygen atoms in total. The molecule has 0 unspecified atom stereocenters. The maximum absolute atomic E-state index is 12.0. The average molecular weight is 266 g/mol. The molecule has 0 saturated carbocycles. The van der Waals surface area contributed by atoms with Gasteiger partial charge in [-0.05, 0) is 30.3 Å². The van der Waals surface area contributed by atoms with Gasteiger partial charge >= 0.3 is 0 Å². The van der Waals surface area contributed by atoms with Crippen LogP contribution in [0.1, 0.15) is 5.69 Å². The van der Waals surface area contributed by atoms with Crippen LogP contribution in [0, 0.1) is 0 Å². The number of fused-ring (bicyclic) bond motifs is 1. The zero-order chi connectivity index (χ0) is 13.9. The van der Waals surface area contributed by atoms with Crippen molar-refractivity contribution in [3.63, 3.8) is 0 Å². The molecule has 100 valence electrons. The van der Waals surface area contributed by atoms with Crippen LogP contribution >= 0.6 is 0 Å². The number of aromatic amines is 1. The Bertz CT molecular complexity index is 794. The molecule has 1 aromatic heterocycles. The Balaban J connectivity index is 2.03. The van der Waals surface area contributed by atoms with Gasteiger partial charge < -0.3 is 15.5 Å². The van der Waals surface area contributed by atoms with E-state index in [0.717, 1.165) is 17.0 Å². The van der Waals surface area contributed by atoms with E-state index in [1.54, 1.807) is 6.07 Å². The molecule has 0 atom stereocenters. The largest absolute Gasteiger partial charge is 0.457 e. The van der Waals surface area contributed by atoms with Crippen LogP contribution < -0.4 is 15.9 Å². The Morgan fingerprint density at radius 1 is 1.00 bits per heavy atom. The van der Waals surface area contributed by atoms with Gasteiger partial charge in [0.25, 0.3) is 0 Å². The first-order valence-electron chi connectivity index (χ1n) is 6.35. The molecule has 0 bridgehead atoms. The van der Waals surface area contributed by atoms with Gasteiger partial charge in [0.2, 0.25) is 0 Å². The van der Waals surface area contributed by atoms with E-state index in [1.165, 1.54) is 6.07 Å². The lowest BCUT2D eigenvalue weighted by Crippen LogP contribution is -2.08. The van der Waals surface area contributed by atoms with Crippen molar-refractivity contribution in [3.05, 3.63) is 70.5 Å². The summed E-state index contributed by atoms with van der Waals surface area (Å²) in [6, 6.07) is 16.4. The highest BCUT2D eigenvalue weighted by Crippen LogP contribution is 2.23. The smallest absolute Gasteiger partial charge is 0.189 e. The third-order valence-corrected chi connectivity index (χ3v) is 3.06. The van der Waals surface area contributed by atoms with Gasteiger partial charge in [-0.2, -0.15) is 0 Å². The van der Waals surface area contributed by atoms with Crippen LogP contribution in [0.5, 0.6) is 11.5 Å². The highest BCUT2D eigenvalue weighted by molar-refractivity contribution is 5.80. The minimum atomic E-state index is -0.0577. The number of rotatable bonds is 3. The fraction of sp³-hybridized carbons (Fsp3) is 0.0625. The first-order chi connectivity index (χ1) is 9.76. The molecule has 2 aromatic carbocycles. The maximum atomic E-state index is 12.0. The van der Waals surface area contributed by atoms with E-state index in [4.69, 9.17) is 10.5 Å². The van der Waals surface area contributed by atoms with Gasteiger partial charge in [0.1, 0.15) is 11.5 Å². The molecule has 0 amide bonds. The van der Waals surface area contributed by atoms with E-state index >= 15 is 0 Å². The summed E-state index contributed by atoms with van der Waals surface area (Å²) in [5.41, 5.74) is 6.97. The average Bonchev–Trinajstić information content (AvgIpc) is 2.48. The zero-order valence-corrected chi connectivity index (χ0v) is 10.8. The molecule has 1 heterocycles. The molecule has 0 aliphatic carbocycles. The number of para-hydroxylation sites is 1. The number of aromatic nitrogens is 1. The minimum Gasteiger partial charge on any atom is -0.457 e. The SMILES string of the molecule is NCc1cc(=O)c2cc(Oc3ccccc3)ccc2[nH]1. The number of benzene rings is 2. The summed E-state index contributed by atoms with van der Waals surface area (Å²) in [5, 5.41) is 0.593. The second kappa shape index (κ2) is 5.19. The van der Waals surface area contributed by atoms with Gasteiger partial charge in [0, 0.05) is 29.2 Å². The molecule has 0 aliphatic rings. The standard InChI is InChI=1S/C16H14N2O2/c17-10-11-8-16(19)14-9-13(6-7-15(14)18-11)20-12-4-2-1-3-5-12/h1-9H,10,17H2,(H,18,19). The fourth-order valence-corrected chi connectivity index (χ4v) is 2.08. The summed E-state index contributed by atoms with van der Waals surface area (Å²) < 4.78 is 5.72. The van der Waals surface area contributed by atoms with Crippen molar-refractivity contribution in [1.82, 2.24) is 4.98 Å². The van der Waals surface area contributed by atoms with Gasteiger partial charge in [0.05, 0.1) is 0 Å². The second-order valence-electron chi connectivity index (χ2n) is 4.49. The summed E-state index contributed by atoms with van der Waals surface area (Å²) in [4.78, 5) is 15.2. The summed E-state index contributed by atoms with van der Waals surface area (Å²) in [7, 11) is 0. The van der Waals surface area contributed by atoms with Crippen LogP contribution in [0.4, 0.5) is 0 Å². The van der Waals surface area contributed by atoms with Crippen LogP contribution in [0.15, 0.2) is 59.4 Å². The lowest BCUT2D eigenvalue weighted by molar-refractivity contribution is 0.483. The third-order valence-electron chi connectivity index (χ3n) is 3.06. The van der Waals surface area contributed by atoms with Crippen molar-refractivity contribution >= 4 is 10.9 Å². The Hall–Kier alpha value is -2.59. The first-order valence-corrected chi connectivity index (χ1v) is 6.35. The van der Waals surface area contributed by atoms with E-state index in [9.17, 15) is 4.79 Å². The molecular weight excluding hydrogens is 252 g/mol. The number of pyridine rings is 1. The highest BCUT2D eigenvalue weighted by Gasteiger charge is 2.04. The highest BCUT2D eigenvalue weighted by atomic mass is 16.5. The van der Waals surface area contributed by atoms with Gasteiger partial charge in [-0.15, -0.1) is 0 Å². The number of nitrogens with one attached hydrogen (secondary N) is 1. The first kappa shape index (κ1) is 12.4. The Morgan fingerprint density at radius 2 is 1.80 bits per heavy atom. The molecule has 3 N–H and O–H groups in total. The van der Waals surface area contributed by atoms with Crippen molar-refractivity contribution in [2.24, 2.45) is 5.73 Å². The topological polar surface area (TPSA) is 68.1 Å². The third kappa shape index (κ3) is 2.41. The predicted molar refractivity (Wildman–Crippen MR) is 79.0 cm³/mol. The number of H-pyrrole nitrogens is 1. The number of ether oxygens (including phenoxy) is 1. The molecular formula is C16H14N2O2. The van der Waals surface area contributed by atoms with Crippen molar-refractivity contribution in [3.8, 4) is 11.5 Å². The van der Waals surface area contributed by atoms with Gasteiger partial charge in [-0.25, -0.2) is 0 Å². The summed E-state index contributed by atoms with van der Waals surface area (Å²) in [6.07, 6.45) is 0. The van der Waals surface area contributed by atoms with Crippen molar-refractivity contribution in [1.29, 1.82) is 0 Å². The van der Waals surface area contributed by atoms with Crippen molar-refractivity contribution in [2.45, 2.75) is 6.54 Å². The van der Waals surface area contributed by atoms with Crippen LogP contribution in [-0.4, -0.2) is 4.98 Å². The molecule has 0 fully saturated rings. The molecule has 4 heteroatoms. The number of hydrogen-bond donors (Lipinski definition) is 2. The summed E-state index contributed by atoms with van der Waals surface area (Å²) >= 11 is 0. The van der Waals surface area contributed by atoms with Crippen LogP contribution in [0.3, 0.4) is 0 Å². The number of nitrogens with two attached hydrogens (primary N) is 1. The lowest BCUT2D eigenvalue weighted by Gasteiger charge is -2.07. The lowest BCUT2D eigenvalue weighted by atomic mass is 10.2. The van der Waals surface area contributed by atoms with Crippen molar-refractivity contribution < 1.29 is 4.74 Å². The maximum Gasteiger partial charge on any atom is 0.189 e. The van der Waals surface area contributed by atoms with E-state index < -0.39 is 0 Å².